The smallest absolute Gasteiger partial charge is 0.0546 e. The average Bonchev–Trinajstić information content (AvgIpc) is 2.39. The summed E-state index contributed by atoms with van der Waals surface area (Å²) in [6, 6.07) is 8.78. The van der Waals surface area contributed by atoms with E-state index in [1.165, 1.54) is 30.4 Å². The third kappa shape index (κ3) is 3.76. The van der Waals surface area contributed by atoms with Crippen molar-refractivity contribution in [3.8, 4) is 0 Å². The molecule has 2 unspecified atom stereocenters. The Labute approximate surface area is 115 Å². The maximum absolute atomic E-state index is 10.1. The lowest BCUT2D eigenvalue weighted by atomic mass is 9.79. The molecule has 2 heteroatoms. The van der Waals surface area contributed by atoms with Crippen molar-refractivity contribution in [1.82, 2.24) is 0 Å². The van der Waals surface area contributed by atoms with Gasteiger partial charge in [-0.15, -0.1) is 0 Å². The highest BCUT2D eigenvalue weighted by molar-refractivity contribution is 7.98. The summed E-state index contributed by atoms with van der Waals surface area (Å²) >= 11 is 1.87. The average molecular weight is 264 g/mol. The number of hydrogen-bond donors (Lipinski definition) is 1. The molecular weight excluding hydrogens is 240 g/mol. The second-order valence-electron chi connectivity index (χ2n) is 5.31. The van der Waals surface area contributed by atoms with Gasteiger partial charge < -0.3 is 5.11 Å². The molecule has 1 aliphatic rings. The predicted molar refractivity (Wildman–Crippen MR) is 80.4 cm³/mol. The van der Waals surface area contributed by atoms with Gasteiger partial charge >= 0.3 is 0 Å². The molecule has 1 aromatic rings. The molecule has 100 valence electrons. The molecule has 0 saturated carbocycles. The normalized spacial score (nSPS) is 20.4. The number of aryl methyl sites for hydroxylation is 1. The van der Waals surface area contributed by atoms with Crippen molar-refractivity contribution in [3.63, 3.8) is 0 Å². The Morgan fingerprint density at radius 3 is 3.06 bits per heavy atom. The molecular formula is C16H24OS. The minimum absolute atomic E-state index is 0.117. The fourth-order valence-corrected chi connectivity index (χ4v) is 3.46. The van der Waals surface area contributed by atoms with Crippen LogP contribution in [0, 0.1) is 0 Å². The molecule has 0 aliphatic heterocycles. The van der Waals surface area contributed by atoms with E-state index in [9.17, 15) is 5.11 Å². The van der Waals surface area contributed by atoms with Gasteiger partial charge in [0.15, 0.2) is 0 Å². The van der Waals surface area contributed by atoms with Gasteiger partial charge in [-0.25, -0.2) is 0 Å². The van der Waals surface area contributed by atoms with Crippen molar-refractivity contribution in [2.24, 2.45) is 0 Å². The number of fused-ring (bicyclic) bond motifs is 1. The molecule has 0 saturated heterocycles. The molecule has 1 aliphatic carbocycles. The second-order valence-corrected chi connectivity index (χ2v) is 6.30. The summed E-state index contributed by atoms with van der Waals surface area (Å²) in [5.41, 5.74) is 3.00. The molecule has 0 fully saturated rings. The Morgan fingerprint density at radius 2 is 2.22 bits per heavy atom. The van der Waals surface area contributed by atoms with Gasteiger partial charge in [0.05, 0.1) is 6.10 Å². The summed E-state index contributed by atoms with van der Waals surface area (Å²) in [6.45, 7) is 0. The van der Waals surface area contributed by atoms with Crippen molar-refractivity contribution in [2.45, 2.75) is 50.5 Å². The number of thioether (sulfide) groups is 1. The van der Waals surface area contributed by atoms with E-state index in [0.29, 0.717) is 5.92 Å². The molecule has 0 spiro atoms. The lowest BCUT2D eigenvalue weighted by Crippen LogP contribution is -2.17. The standard InChI is InChI=1S/C16H24OS/c1-18-11-5-9-15(17)12-14-8-4-7-13-6-2-3-10-16(13)14/h2-3,6,10,14-15,17H,4-5,7-9,11-12H2,1H3. The van der Waals surface area contributed by atoms with Crippen molar-refractivity contribution in [3.05, 3.63) is 35.4 Å². The molecule has 0 radical (unpaired) electrons. The van der Waals surface area contributed by atoms with Crippen LogP contribution in [0.15, 0.2) is 24.3 Å². The minimum Gasteiger partial charge on any atom is -0.393 e. The quantitative estimate of drug-likeness (QED) is 0.784. The molecule has 2 atom stereocenters. The first-order valence-electron chi connectivity index (χ1n) is 7.06. The van der Waals surface area contributed by atoms with Crippen LogP contribution in [-0.4, -0.2) is 23.2 Å². The molecule has 0 amide bonds. The van der Waals surface area contributed by atoms with Crippen LogP contribution >= 0.6 is 11.8 Å². The first-order valence-corrected chi connectivity index (χ1v) is 8.45. The SMILES string of the molecule is CSCCCC(O)CC1CCCc2ccccc21. The van der Waals surface area contributed by atoms with E-state index in [1.807, 2.05) is 11.8 Å². The summed E-state index contributed by atoms with van der Waals surface area (Å²) < 4.78 is 0. The van der Waals surface area contributed by atoms with Gasteiger partial charge in [-0.2, -0.15) is 11.8 Å². The van der Waals surface area contributed by atoms with Gasteiger partial charge in [0.25, 0.3) is 0 Å². The van der Waals surface area contributed by atoms with Crippen LogP contribution in [0.1, 0.15) is 49.1 Å². The third-order valence-corrected chi connectivity index (χ3v) is 4.63. The van der Waals surface area contributed by atoms with Gasteiger partial charge in [-0.1, -0.05) is 24.3 Å². The predicted octanol–water partition coefficient (Wildman–Crippen LogP) is 4.00. The highest BCUT2D eigenvalue weighted by Gasteiger charge is 2.22. The number of aliphatic hydroxyl groups excluding tert-OH is 1. The van der Waals surface area contributed by atoms with Crippen LogP contribution in [0.3, 0.4) is 0 Å². The maximum Gasteiger partial charge on any atom is 0.0546 e. The molecule has 1 aromatic carbocycles. The minimum atomic E-state index is -0.117. The molecule has 0 heterocycles. The van der Waals surface area contributed by atoms with Crippen molar-refractivity contribution < 1.29 is 5.11 Å². The van der Waals surface area contributed by atoms with E-state index in [-0.39, 0.29) is 6.10 Å². The van der Waals surface area contributed by atoms with Crippen LogP contribution in [0.4, 0.5) is 0 Å². The lowest BCUT2D eigenvalue weighted by Gasteiger charge is -2.27. The van der Waals surface area contributed by atoms with Gasteiger partial charge in [0, 0.05) is 0 Å². The van der Waals surface area contributed by atoms with Crippen LogP contribution in [0.2, 0.25) is 0 Å². The van der Waals surface area contributed by atoms with Crippen LogP contribution in [0.5, 0.6) is 0 Å². The zero-order valence-corrected chi connectivity index (χ0v) is 12.1. The summed E-state index contributed by atoms with van der Waals surface area (Å²) in [4.78, 5) is 0. The molecule has 2 rings (SSSR count). The fourth-order valence-electron chi connectivity index (χ4n) is 3.01. The summed E-state index contributed by atoms with van der Waals surface area (Å²) in [5, 5.41) is 10.1. The molecule has 1 N–H and O–H groups in total. The fraction of sp³-hybridized carbons (Fsp3) is 0.625. The molecule has 1 nitrogen and oxygen atoms in total. The van der Waals surface area contributed by atoms with Crippen LogP contribution < -0.4 is 0 Å². The van der Waals surface area contributed by atoms with E-state index < -0.39 is 0 Å². The first kappa shape index (κ1) is 14.0. The van der Waals surface area contributed by atoms with E-state index in [1.54, 1.807) is 0 Å². The topological polar surface area (TPSA) is 20.2 Å². The van der Waals surface area contributed by atoms with Gasteiger partial charge in [-0.3, -0.25) is 0 Å². The molecule has 18 heavy (non-hydrogen) atoms. The van der Waals surface area contributed by atoms with Gasteiger partial charge in [0.1, 0.15) is 0 Å². The highest BCUT2D eigenvalue weighted by atomic mass is 32.2. The van der Waals surface area contributed by atoms with E-state index in [4.69, 9.17) is 0 Å². The number of rotatable bonds is 6. The summed E-state index contributed by atoms with van der Waals surface area (Å²) in [5.74, 6) is 1.75. The Balaban J connectivity index is 1.90. The first-order chi connectivity index (χ1) is 8.81. The van der Waals surface area contributed by atoms with Crippen molar-refractivity contribution in [1.29, 1.82) is 0 Å². The second kappa shape index (κ2) is 7.20. The Kier molecular flexibility index (Phi) is 5.58. The highest BCUT2D eigenvalue weighted by Crippen LogP contribution is 2.35. The Hall–Kier alpha value is -0.470. The Bertz CT molecular complexity index is 364. The van der Waals surface area contributed by atoms with E-state index in [0.717, 1.165) is 25.0 Å². The maximum atomic E-state index is 10.1. The number of benzene rings is 1. The summed E-state index contributed by atoms with van der Waals surface area (Å²) in [7, 11) is 0. The summed E-state index contributed by atoms with van der Waals surface area (Å²) in [6.07, 6.45) is 8.80. The zero-order valence-electron chi connectivity index (χ0n) is 11.3. The van der Waals surface area contributed by atoms with Crippen molar-refractivity contribution >= 4 is 11.8 Å². The Morgan fingerprint density at radius 1 is 1.39 bits per heavy atom. The largest absolute Gasteiger partial charge is 0.393 e. The monoisotopic (exact) mass is 264 g/mol. The molecule has 0 aromatic heterocycles. The van der Waals surface area contributed by atoms with E-state index in [2.05, 4.69) is 30.5 Å². The lowest BCUT2D eigenvalue weighted by molar-refractivity contribution is 0.142. The van der Waals surface area contributed by atoms with Gasteiger partial charge in [-0.05, 0) is 67.6 Å². The molecule has 0 bridgehead atoms. The van der Waals surface area contributed by atoms with E-state index >= 15 is 0 Å². The van der Waals surface area contributed by atoms with Crippen molar-refractivity contribution in [2.75, 3.05) is 12.0 Å². The zero-order chi connectivity index (χ0) is 12.8. The van der Waals surface area contributed by atoms with Crippen LogP contribution in [-0.2, 0) is 6.42 Å². The third-order valence-electron chi connectivity index (χ3n) is 3.94. The number of hydrogen-bond acceptors (Lipinski definition) is 2. The van der Waals surface area contributed by atoms with Gasteiger partial charge in [0.2, 0.25) is 0 Å². The number of aliphatic hydroxyl groups is 1. The van der Waals surface area contributed by atoms with Crippen LogP contribution in [0.25, 0.3) is 0 Å².